The van der Waals surface area contributed by atoms with Crippen molar-refractivity contribution in [3.05, 3.63) is 71.8 Å². The Hall–Kier alpha value is -2.71. The molecule has 2 aromatic rings. The third-order valence-corrected chi connectivity index (χ3v) is 6.44. The number of esters is 1. The SMILES string of the molecule is C[C@H](N[C@@]1(C#N)C[C@H]2C[C@@H]1[C@](F)(C(=O)OCc1ccccc1)C2)c1ccccc1. The number of carbonyl (C=O) groups is 1. The molecule has 150 valence electrons. The number of alkyl halides is 1. The number of nitrogens with zero attached hydrogens (tertiary/aromatic N) is 1. The van der Waals surface area contributed by atoms with E-state index in [0.717, 1.165) is 11.1 Å². The van der Waals surface area contributed by atoms with Gasteiger partial charge in [-0.1, -0.05) is 60.7 Å². The van der Waals surface area contributed by atoms with E-state index in [1.54, 1.807) is 0 Å². The molecule has 0 heterocycles. The molecule has 4 rings (SSSR count). The van der Waals surface area contributed by atoms with Crippen molar-refractivity contribution in [1.82, 2.24) is 5.32 Å². The van der Waals surface area contributed by atoms with Gasteiger partial charge in [-0.2, -0.15) is 5.26 Å². The van der Waals surface area contributed by atoms with E-state index in [1.807, 2.05) is 67.6 Å². The molecule has 0 aromatic heterocycles. The molecule has 0 spiro atoms. The molecular weight excluding hydrogens is 367 g/mol. The fourth-order valence-corrected chi connectivity index (χ4v) is 5.11. The van der Waals surface area contributed by atoms with Gasteiger partial charge in [-0.15, -0.1) is 0 Å². The first-order valence-electron chi connectivity index (χ1n) is 10.1. The standard InChI is InChI=1S/C24H25FN2O2/c1-17(20-10-6-3-7-11-20)27-23(16-26)13-19-12-21(23)24(25,14-19)22(28)29-15-18-8-4-2-5-9-18/h2-11,17,19,21,27H,12-15H2,1H3/t17-,19+,21-,23+,24-/m0/s1. The summed E-state index contributed by atoms with van der Waals surface area (Å²) in [5, 5.41) is 13.4. The van der Waals surface area contributed by atoms with Crippen molar-refractivity contribution in [2.45, 2.75) is 50.0 Å². The average molecular weight is 392 g/mol. The molecule has 2 aliphatic carbocycles. The van der Waals surface area contributed by atoms with Crippen molar-refractivity contribution < 1.29 is 13.9 Å². The Morgan fingerprint density at radius 3 is 2.48 bits per heavy atom. The zero-order valence-electron chi connectivity index (χ0n) is 16.5. The quantitative estimate of drug-likeness (QED) is 0.736. The Balaban J connectivity index is 1.51. The van der Waals surface area contributed by atoms with Crippen LogP contribution in [-0.4, -0.2) is 17.2 Å². The number of fused-ring (bicyclic) bond motifs is 2. The van der Waals surface area contributed by atoms with Crippen LogP contribution in [0, 0.1) is 23.2 Å². The number of nitrogens with one attached hydrogen (secondary N) is 1. The first-order chi connectivity index (χ1) is 14.0. The molecule has 0 radical (unpaired) electrons. The summed E-state index contributed by atoms with van der Waals surface area (Å²) in [5.74, 6) is -1.55. The van der Waals surface area contributed by atoms with Crippen LogP contribution in [0.2, 0.25) is 0 Å². The number of carbonyl (C=O) groups excluding carboxylic acids is 1. The zero-order valence-corrected chi connectivity index (χ0v) is 16.5. The summed E-state index contributed by atoms with van der Waals surface area (Å²) < 4.78 is 21.3. The lowest BCUT2D eigenvalue weighted by molar-refractivity contribution is -0.165. The Labute approximate surface area is 170 Å². The van der Waals surface area contributed by atoms with E-state index in [9.17, 15) is 10.1 Å². The van der Waals surface area contributed by atoms with Gasteiger partial charge in [-0.3, -0.25) is 5.32 Å². The molecule has 0 amide bonds. The summed E-state index contributed by atoms with van der Waals surface area (Å²) in [6.07, 6.45) is 1.22. The number of benzene rings is 2. The number of nitriles is 1. The topological polar surface area (TPSA) is 62.1 Å². The van der Waals surface area contributed by atoms with Gasteiger partial charge in [0.1, 0.15) is 12.1 Å². The number of ether oxygens (including phenoxy) is 1. The summed E-state index contributed by atoms with van der Waals surface area (Å²) >= 11 is 0. The van der Waals surface area contributed by atoms with Crippen LogP contribution in [0.4, 0.5) is 4.39 Å². The minimum absolute atomic E-state index is 0.00407. The Bertz CT molecular complexity index is 913. The van der Waals surface area contributed by atoms with E-state index in [-0.39, 0.29) is 25.0 Å². The van der Waals surface area contributed by atoms with Gasteiger partial charge in [-0.05, 0) is 43.2 Å². The normalized spacial score (nSPS) is 31.2. The number of hydrogen-bond donors (Lipinski definition) is 1. The molecule has 4 nitrogen and oxygen atoms in total. The van der Waals surface area contributed by atoms with E-state index >= 15 is 4.39 Å². The van der Waals surface area contributed by atoms with Crippen molar-refractivity contribution in [1.29, 1.82) is 5.26 Å². The summed E-state index contributed by atoms with van der Waals surface area (Å²) in [6, 6.07) is 21.2. The summed E-state index contributed by atoms with van der Waals surface area (Å²) in [5.41, 5.74) is -1.36. The van der Waals surface area contributed by atoms with Gasteiger partial charge in [0, 0.05) is 12.0 Å². The smallest absolute Gasteiger partial charge is 0.344 e. The maximum Gasteiger partial charge on any atom is 0.344 e. The Morgan fingerprint density at radius 1 is 1.21 bits per heavy atom. The number of hydrogen-bond acceptors (Lipinski definition) is 4. The molecule has 5 atom stereocenters. The molecule has 2 fully saturated rings. The van der Waals surface area contributed by atoms with Crippen molar-refractivity contribution in [3.63, 3.8) is 0 Å². The summed E-state index contributed by atoms with van der Waals surface area (Å²) in [7, 11) is 0. The Morgan fingerprint density at radius 2 is 1.86 bits per heavy atom. The van der Waals surface area contributed by atoms with Crippen molar-refractivity contribution in [3.8, 4) is 6.07 Å². The van der Waals surface area contributed by atoms with Gasteiger partial charge >= 0.3 is 5.97 Å². The molecule has 2 aliphatic rings. The van der Waals surface area contributed by atoms with Crippen molar-refractivity contribution in [2.75, 3.05) is 0 Å². The van der Waals surface area contributed by atoms with Crippen LogP contribution < -0.4 is 5.32 Å². The fraction of sp³-hybridized carbons (Fsp3) is 0.417. The number of halogens is 1. The van der Waals surface area contributed by atoms with Crippen molar-refractivity contribution >= 4 is 5.97 Å². The minimum Gasteiger partial charge on any atom is -0.458 e. The molecule has 1 N–H and O–H groups in total. The maximum absolute atomic E-state index is 16.0. The third-order valence-electron chi connectivity index (χ3n) is 6.44. The van der Waals surface area contributed by atoms with Gasteiger partial charge in [0.05, 0.1) is 6.07 Å². The predicted molar refractivity (Wildman–Crippen MR) is 107 cm³/mol. The third kappa shape index (κ3) is 3.54. The highest BCUT2D eigenvalue weighted by molar-refractivity contribution is 5.81. The highest BCUT2D eigenvalue weighted by Crippen LogP contribution is 2.58. The lowest BCUT2D eigenvalue weighted by atomic mass is 9.73. The van der Waals surface area contributed by atoms with Crippen LogP contribution in [-0.2, 0) is 16.1 Å². The number of rotatable bonds is 6. The van der Waals surface area contributed by atoms with Gasteiger partial charge in [0.25, 0.3) is 0 Å². The van der Waals surface area contributed by atoms with E-state index < -0.39 is 23.1 Å². The lowest BCUT2D eigenvalue weighted by Gasteiger charge is -2.41. The van der Waals surface area contributed by atoms with Crippen LogP contribution in [0.1, 0.15) is 43.4 Å². The fourth-order valence-electron chi connectivity index (χ4n) is 5.11. The van der Waals surface area contributed by atoms with Gasteiger partial charge in [0.15, 0.2) is 0 Å². The molecular formula is C24H25FN2O2. The maximum atomic E-state index is 16.0. The molecule has 0 saturated heterocycles. The first kappa shape index (κ1) is 19.6. The minimum atomic E-state index is -2.13. The predicted octanol–water partition coefficient (Wildman–Crippen LogP) is 4.48. The van der Waals surface area contributed by atoms with Gasteiger partial charge in [0.2, 0.25) is 5.67 Å². The van der Waals surface area contributed by atoms with Crippen LogP contribution in [0.5, 0.6) is 0 Å². The molecule has 2 aromatic carbocycles. The first-order valence-corrected chi connectivity index (χ1v) is 10.1. The molecule has 0 unspecified atom stereocenters. The monoisotopic (exact) mass is 392 g/mol. The highest BCUT2D eigenvalue weighted by Gasteiger charge is 2.68. The Kier molecular flexibility index (Phi) is 5.14. The lowest BCUT2D eigenvalue weighted by Crippen LogP contribution is -2.59. The van der Waals surface area contributed by atoms with Crippen LogP contribution >= 0.6 is 0 Å². The zero-order chi connectivity index (χ0) is 20.5. The van der Waals surface area contributed by atoms with E-state index in [4.69, 9.17) is 4.74 Å². The van der Waals surface area contributed by atoms with Crippen LogP contribution in [0.25, 0.3) is 0 Å². The van der Waals surface area contributed by atoms with Gasteiger partial charge < -0.3 is 4.74 Å². The second-order valence-corrected chi connectivity index (χ2v) is 8.35. The summed E-state index contributed by atoms with van der Waals surface area (Å²) in [4.78, 5) is 12.8. The van der Waals surface area contributed by atoms with Crippen LogP contribution in [0.3, 0.4) is 0 Å². The van der Waals surface area contributed by atoms with E-state index in [0.29, 0.717) is 12.8 Å². The second kappa shape index (κ2) is 7.61. The van der Waals surface area contributed by atoms with E-state index in [1.165, 1.54) is 0 Å². The summed E-state index contributed by atoms with van der Waals surface area (Å²) in [6.45, 7) is 2.00. The molecule has 2 saturated carbocycles. The second-order valence-electron chi connectivity index (χ2n) is 8.35. The highest BCUT2D eigenvalue weighted by atomic mass is 19.1. The van der Waals surface area contributed by atoms with Crippen molar-refractivity contribution in [2.24, 2.45) is 11.8 Å². The molecule has 0 aliphatic heterocycles. The van der Waals surface area contributed by atoms with E-state index in [2.05, 4.69) is 11.4 Å². The van der Waals surface area contributed by atoms with Crippen LogP contribution in [0.15, 0.2) is 60.7 Å². The largest absolute Gasteiger partial charge is 0.458 e. The molecule has 2 bridgehead atoms. The average Bonchev–Trinajstić information content (AvgIpc) is 3.28. The molecule has 5 heteroatoms. The van der Waals surface area contributed by atoms with Gasteiger partial charge in [-0.25, -0.2) is 9.18 Å². The molecule has 29 heavy (non-hydrogen) atoms.